The maximum Gasteiger partial charge on any atom is 0.417 e. The molecule has 0 aliphatic rings. The van der Waals surface area contributed by atoms with E-state index in [1.54, 1.807) is 12.1 Å². The highest BCUT2D eigenvalue weighted by Gasteiger charge is 2.38. The number of nitrogens with one attached hydrogen (secondary N) is 1. The molecule has 0 aliphatic carbocycles. The molecule has 1 aromatic carbocycles. The van der Waals surface area contributed by atoms with E-state index in [9.17, 15) is 13.2 Å². The van der Waals surface area contributed by atoms with Crippen LogP contribution < -0.4 is 10.1 Å². The van der Waals surface area contributed by atoms with Crippen LogP contribution in [0.2, 0.25) is 0 Å². The van der Waals surface area contributed by atoms with Crippen LogP contribution in [-0.4, -0.2) is 30.5 Å². The molecule has 0 aliphatic heterocycles. The Hall–Kier alpha value is -1.27. The molecular weight excluding hydrogens is 271 g/mol. The van der Waals surface area contributed by atoms with Crippen molar-refractivity contribution in [3.63, 3.8) is 0 Å². The lowest BCUT2D eigenvalue weighted by molar-refractivity contribution is -0.210. The summed E-state index contributed by atoms with van der Waals surface area (Å²) in [7, 11) is 0. The van der Waals surface area contributed by atoms with E-state index in [4.69, 9.17) is 9.84 Å². The SMILES string of the molecule is CCNC(CC)c1ccc(OCC(O)C(F)(F)F)cc1. The van der Waals surface area contributed by atoms with Crippen molar-refractivity contribution < 1.29 is 23.0 Å². The average molecular weight is 291 g/mol. The van der Waals surface area contributed by atoms with Crippen LogP contribution >= 0.6 is 0 Å². The van der Waals surface area contributed by atoms with Gasteiger partial charge in [0.2, 0.25) is 0 Å². The van der Waals surface area contributed by atoms with Crippen molar-refractivity contribution in [2.24, 2.45) is 0 Å². The largest absolute Gasteiger partial charge is 0.491 e. The molecule has 2 N–H and O–H groups in total. The van der Waals surface area contributed by atoms with E-state index in [1.807, 2.05) is 19.1 Å². The van der Waals surface area contributed by atoms with Gasteiger partial charge in [0.05, 0.1) is 0 Å². The third kappa shape index (κ3) is 5.02. The van der Waals surface area contributed by atoms with Crippen molar-refractivity contribution in [3.8, 4) is 5.75 Å². The minimum atomic E-state index is -4.65. The molecule has 0 bridgehead atoms. The number of hydrogen-bond acceptors (Lipinski definition) is 3. The molecule has 0 saturated heterocycles. The van der Waals surface area contributed by atoms with Crippen LogP contribution in [0.15, 0.2) is 24.3 Å². The van der Waals surface area contributed by atoms with E-state index in [1.165, 1.54) is 0 Å². The molecule has 0 amide bonds. The molecule has 0 radical (unpaired) electrons. The molecule has 3 nitrogen and oxygen atoms in total. The molecule has 2 atom stereocenters. The molecule has 1 aromatic rings. The molecule has 0 aromatic heterocycles. The van der Waals surface area contributed by atoms with Gasteiger partial charge in [-0.3, -0.25) is 0 Å². The third-order valence-electron chi connectivity index (χ3n) is 2.93. The Kier molecular flexibility index (Phi) is 6.29. The van der Waals surface area contributed by atoms with Crippen molar-refractivity contribution in [2.45, 2.75) is 38.6 Å². The molecule has 0 spiro atoms. The standard InChI is InChI=1S/C14H20F3NO2/c1-3-12(18-4-2)10-5-7-11(8-6-10)20-9-13(19)14(15,16)17/h5-8,12-13,18-19H,3-4,9H2,1-2H3. The minimum absolute atomic E-state index is 0.217. The maximum absolute atomic E-state index is 12.1. The maximum atomic E-state index is 12.1. The summed E-state index contributed by atoms with van der Waals surface area (Å²) < 4.78 is 41.3. The van der Waals surface area contributed by atoms with Gasteiger partial charge in [0.1, 0.15) is 12.4 Å². The van der Waals surface area contributed by atoms with Gasteiger partial charge in [-0.05, 0) is 30.7 Å². The number of halogens is 3. The van der Waals surface area contributed by atoms with Gasteiger partial charge in [-0.15, -0.1) is 0 Å². The summed E-state index contributed by atoms with van der Waals surface area (Å²) in [5.41, 5.74) is 1.05. The highest BCUT2D eigenvalue weighted by molar-refractivity contribution is 5.29. The third-order valence-corrected chi connectivity index (χ3v) is 2.93. The molecular formula is C14H20F3NO2. The summed E-state index contributed by atoms with van der Waals surface area (Å²) in [6.07, 6.45) is -6.20. The Bertz CT molecular complexity index is 392. The van der Waals surface area contributed by atoms with Crippen molar-refractivity contribution in [3.05, 3.63) is 29.8 Å². The summed E-state index contributed by atoms with van der Waals surface area (Å²) in [6.45, 7) is 4.11. The van der Waals surface area contributed by atoms with Crippen molar-refractivity contribution in [1.82, 2.24) is 5.32 Å². The summed E-state index contributed by atoms with van der Waals surface area (Å²) >= 11 is 0. The number of ether oxygens (including phenoxy) is 1. The number of aliphatic hydroxyl groups is 1. The number of rotatable bonds is 7. The first-order valence-corrected chi connectivity index (χ1v) is 6.59. The predicted octanol–water partition coefficient (Wildman–Crippen LogP) is 3.05. The lowest BCUT2D eigenvalue weighted by Crippen LogP contribution is -2.34. The van der Waals surface area contributed by atoms with E-state index in [2.05, 4.69) is 12.2 Å². The zero-order valence-corrected chi connectivity index (χ0v) is 11.6. The fourth-order valence-electron chi connectivity index (χ4n) is 1.81. The fourth-order valence-corrected chi connectivity index (χ4v) is 1.81. The van der Waals surface area contributed by atoms with Crippen molar-refractivity contribution in [2.75, 3.05) is 13.2 Å². The van der Waals surface area contributed by atoms with Gasteiger partial charge in [0, 0.05) is 6.04 Å². The second-order valence-electron chi connectivity index (χ2n) is 4.46. The number of benzene rings is 1. The van der Waals surface area contributed by atoms with Crippen LogP contribution in [0, 0.1) is 0 Å². The van der Waals surface area contributed by atoms with Gasteiger partial charge < -0.3 is 15.2 Å². The van der Waals surface area contributed by atoms with Gasteiger partial charge in [0.15, 0.2) is 6.10 Å². The van der Waals surface area contributed by atoms with Gasteiger partial charge in [-0.25, -0.2) is 0 Å². The van der Waals surface area contributed by atoms with Crippen molar-refractivity contribution in [1.29, 1.82) is 0 Å². The Balaban J connectivity index is 2.58. The first-order valence-electron chi connectivity index (χ1n) is 6.59. The number of hydrogen-bond donors (Lipinski definition) is 2. The minimum Gasteiger partial charge on any atom is -0.491 e. The summed E-state index contributed by atoms with van der Waals surface area (Å²) in [5.74, 6) is 0.309. The van der Waals surface area contributed by atoms with Crippen LogP contribution in [0.4, 0.5) is 13.2 Å². The highest BCUT2D eigenvalue weighted by atomic mass is 19.4. The van der Waals surface area contributed by atoms with Gasteiger partial charge in [0.25, 0.3) is 0 Å². The lowest BCUT2D eigenvalue weighted by Gasteiger charge is -2.18. The fraction of sp³-hybridized carbons (Fsp3) is 0.571. The van der Waals surface area contributed by atoms with E-state index >= 15 is 0 Å². The Morgan fingerprint density at radius 3 is 2.25 bits per heavy atom. The molecule has 0 fully saturated rings. The Morgan fingerprint density at radius 1 is 1.20 bits per heavy atom. The Labute approximate surface area is 116 Å². The molecule has 2 unspecified atom stereocenters. The van der Waals surface area contributed by atoms with Gasteiger partial charge >= 0.3 is 6.18 Å². The predicted molar refractivity (Wildman–Crippen MR) is 70.7 cm³/mol. The molecule has 0 saturated carbocycles. The molecule has 114 valence electrons. The monoisotopic (exact) mass is 291 g/mol. The van der Waals surface area contributed by atoms with Crippen LogP contribution in [0.5, 0.6) is 5.75 Å². The van der Waals surface area contributed by atoms with Gasteiger partial charge in [-0.1, -0.05) is 26.0 Å². The van der Waals surface area contributed by atoms with E-state index < -0.39 is 18.9 Å². The van der Waals surface area contributed by atoms with Crippen LogP contribution in [0.1, 0.15) is 31.9 Å². The Morgan fingerprint density at radius 2 is 1.80 bits per heavy atom. The molecule has 0 heterocycles. The first kappa shape index (κ1) is 16.8. The second kappa shape index (κ2) is 7.50. The number of aliphatic hydroxyl groups excluding tert-OH is 1. The quantitative estimate of drug-likeness (QED) is 0.811. The average Bonchev–Trinajstić information content (AvgIpc) is 2.41. The lowest BCUT2D eigenvalue weighted by atomic mass is 10.0. The first-order chi connectivity index (χ1) is 9.38. The number of alkyl halides is 3. The zero-order valence-electron chi connectivity index (χ0n) is 11.6. The summed E-state index contributed by atoms with van der Waals surface area (Å²) in [6, 6.07) is 7.06. The zero-order chi connectivity index (χ0) is 15.2. The van der Waals surface area contributed by atoms with E-state index in [0.29, 0.717) is 5.75 Å². The second-order valence-corrected chi connectivity index (χ2v) is 4.46. The summed E-state index contributed by atoms with van der Waals surface area (Å²) in [4.78, 5) is 0. The van der Waals surface area contributed by atoms with E-state index in [0.717, 1.165) is 18.5 Å². The molecule has 6 heteroatoms. The molecule has 20 heavy (non-hydrogen) atoms. The highest BCUT2D eigenvalue weighted by Crippen LogP contribution is 2.23. The van der Waals surface area contributed by atoms with Crippen LogP contribution in [0.3, 0.4) is 0 Å². The normalized spacial score (nSPS) is 14.9. The summed E-state index contributed by atoms with van der Waals surface area (Å²) in [5, 5.41) is 12.1. The van der Waals surface area contributed by atoms with Crippen LogP contribution in [0.25, 0.3) is 0 Å². The topological polar surface area (TPSA) is 41.5 Å². The van der Waals surface area contributed by atoms with Gasteiger partial charge in [-0.2, -0.15) is 13.2 Å². The van der Waals surface area contributed by atoms with Crippen molar-refractivity contribution >= 4 is 0 Å². The smallest absolute Gasteiger partial charge is 0.417 e. The molecule has 1 rings (SSSR count). The van der Waals surface area contributed by atoms with Crippen LogP contribution in [-0.2, 0) is 0 Å². The van der Waals surface area contributed by atoms with E-state index in [-0.39, 0.29) is 6.04 Å².